The van der Waals surface area contributed by atoms with Crippen LogP contribution in [0.4, 0.5) is 0 Å². The summed E-state index contributed by atoms with van der Waals surface area (Å²) in [6.45, 7) is 1.50. The number of benzene rings is 2. The van der Waals surface area contributed by atoms with E-state index in [1.165, 1.54) is 11.3 Å². The van der Waals surface area contributed by atoms with E-state index in [4.69, 9.17) is 4.74 Å². The van der Waals surface area contributed by atoms with Gasteiger partial charge < -0.3 is 15.0 Å². The molecule has 1 aliphatic heterocycles. The molecule has 0 aliphatic carbocycles. The van der Waals surface area contributed by atoms with Crippen molar-refractivity contribution in [1.29, 1.82) is 0 Å². The first kappa shape index (κ1) is 21.1. The van der Waals surface area contributed by atoms with E-state index < -0.39 is 6.04 Å². The average molecular weight is 436 g/mol. The molecule has 2 amide bonds. The van der Waals surface area contributed by atoms with Gasteiger partial charge in [0.2, 0.25) is 5.91 Å². The Labute approximate surface area is 185 Å². The molecule has 0 bridgehead atoms. The molecule has 1 N–H and O–H groups in total. The van der Waals surface area contributed by atoms with E-state index in [9.17, 15) is 9.59 Å². The smallest absolute Gasteiger partial charge is 0.271 e. The summed E-state index contributed by atoms with van der Waals surface area (Å²) in [4.78, 5) is 32.4. The van der Waals surface area contributed by atoms with Crippen LogP contribution >= 0.6 is 11.3 Å². The highest BCUT2D eigenvalue weighted by Gasteiger charge is 2.29. The zero-order valence-electron chi connectivity index (χ0n) is 17.4. The molecular formula is C24H25N3O3S. The van der Waals surface area contributed by atoms with Crippen LogP contribution in [0.2, 0.25) is 0 Å². The first-order chi connectivity index (χ1) is 15.1. The van der Waals surface area contributed by atoms with Crippen molar-refractivity contribution in [3.8, 4) is 16.3 Å². The number of hydrogen-bond donors (Lipinski definition) is 1. The van der Waals surface area contributed by atoms with Gasteiger partial charge in [-0.3, -0.25) is 9.59 Å². The number of ether oxygens (including phenoxy) is 1. The SMILES string of the molecule is COc1ccc(-c2nc(C(=O)NC(Cc3ccccc3)C(=O)N3CCCC3)cs2)cc1. The number of methoxy groups -OCH3 is 1. The molecule has 1 atom stereocenters. The molecule has 1 saturated heterocycles. The Morgan fingerprint density at radius 3 is 2.48 bits per heavy atom. The Morgan fingerprint density at radius 1 is 1.10 bits per heavy atom. The summed E-state index contributed by atoms with van der Waals surface area (Å²) in [7, 11) is 1.62. The number of nitrogens with zero attached hydrogens (tertiary/aromatic N) is 2. The van der Waals surface area contributed by atoms with Crippen molar-refractivity contribution in [2.45, 2.75) is 25.3 Å². The lowest BCUT2D eigenvalue weighted by atomic mass is 10.0. The predicted octanol–water partition coefficient (Wildman–Crippen LogP) is 3.78. The predicted molar refractivity (Wildman–Crippen MR) is 121 cm³/mol. The molecule has 1 aliphatic rings. The number of likely N-dealkylation sites (tertiary alicyclic amines) is 1. The molecule has 31 heavy (non-hydrogen) atoms. The molecule has 2 heterocycles. The van der Waals surface area contributed by atoms with Gasteiger partial charge in [0.05, 0.1) is 7.11 Å². The largest absolute Gasteiger partial charge is 0.497 e. The first-order valence-corrected chi connectivity index (χ1v) is 11.3. The van der Waals surface area contributed by atoms with Crippen LogP contribution in [-0.2, 0) is 11.2 Å². The third-order valence-corrected chi connectivity index (χ3v) is 6.27. The third kappa shape index (κ3) is 5.11. The van der Waals surface area contributed by atoms with E-state index >= 15 is 0 Å². The Balaban J connectivity index is 1.50. The normalized spacial score (nSPS) is 14.3. The molecule has 3 aromatic rings. The highest BCUT2D eigenvalue weighted by molar-refractivity contribution is 7.13. The van der Waals surface area contributed by atoms with Crippen LogP contribution in [0.25, 0.3) is 10.6 Å². The average Bonchev–Trinajstić information content (AvgIpc) is 3.51. The van der Waals surface area contributed by atoms with Crippen LogP contribution in [0.3, 0.4) is 0 Å². The maximum atomic E-state index is 13.1. The van der Waals surface area contributed by atoms with Crippen LogP contribution in [0.1, 0.15) is 28.9 Å². The molecule has 0 radical (unpaired) electrons. The Morgan fingerprint density at radius 2 is 1.81 bits per heavy atom. The monoisotopic (exact) mass is 435 g/mol. The number of carbonyl (C=O) groups excluding carboxylic acids is 2. The van der Waals surface area contributed by atoms with Gasteiger partial charge in [-0.25, -0.2) is 4.98 Å². The van der Waals surface area contributed by atoms with Gasteiger partial charge >= 0.3 is 0 Å². The molecule has 0 saturated carbocycles. The van der Waals surface area contributed by atoms with E-state index in [0.717, 1.165) is 47.8 Å². The van der Waals surface area contributed by atoms with Gasteiger partial charge in [-0.2, -0.15) is 0 Å². The topological polar surface area (TPSA) is 71.5 Å². The fourth-order valence-corrected chi connectivity index (χ4v) is 4.49. The molecule has 7 heteroatoms. The fourth-order valence-electron chi connectivity index (χ4n) is 3.68. The lowest BCUT2D eigenvalue weighted by Crippen LogP contribution is -2.49. The number of amides is 2. The van der Waals surface area contributed by atoms with E-state index in [2.05, 4.69) is 10.3 Å². The second-order valence-electron chi connectivity index (χ2n) is 7.51. The Kier molecular flexibility index (Phi) is 6.62. The standard InChI is InChI=1S/C24H25N3O3S/c1-30-19-11-9-18(10-12-19)23-26-21(16-31-23)22(28)25-20(15-17-7-3-2-4-8-17)24(29)27-13-5-6-14-27/h2-4,7-12,16,20H,5-6,13-15H2,1H3,(H,25,28). The number of carbonyl (C=O) groups is 2. The summed E-state index contributed by atoms with van der Waals surface area (Å²) in [6, 6.07) is 16.7. The van der Waals surface area contributed by atoms with E-state index in [-0.39, 0.29) is 11.8 Å². The van der Waals surface area contributed by atoms with Crippen LogP contribution in [0.5, 0.6) is 5.75 Å². The maximum Gasteiger partial charge on any atom is 0.271 e. The summed E-state index contributed by atoms with van der Waals surface area (Å²) >= 11 is 1.40. The number of hydrogen-bond acceptors (Lipinski definition) is 5. The minimum atomic E-state index is -0.612. The third-order valence-electron chi connectivity index (χ3n) is 5.38. The highest BCUT2D eigenvalue weighted by Crippen LogP contribution is 2.26. The van der Waals surface area contributed by atoms with Crippen molar-refractivity contribution >= 4 is 23.2 Å². The van der Waals surface area contributed by atoms with Gasteiger partial charge in [-0.1, -0.05) is 30.3 Å². The van der Waals surface area contributed by atoms with E-state index in [1.54, 1.807) is 12.5 Å². The molecule has 4 rings (SSSR count). The molecule has 1 unspecified atom stereocenters. The van der Waals surface area contributed by atoms with E-state index in [1.807, 2.05) is 59.5 Å². The summed E-state index contributed by atoms with van der Waals surface area (Å²) < 4.78 is 5.19. The number of nitrogens with one attached hydrogen (secondary N) is 1. The van der Waals surface area contributed by atoms with Crippen molar-refractivity contribution < 1.29 is 14.3 Å². The lowest BCUT2D eigenvalue weighted by Gasteiger charge is -2.24. The molecule has 1 fully saturated rings. The Bertz CT molecular complexity index is 1030. The number of aromatic nitrogens is 1. The van der Waals surface area contributed by atoms with Gasteiger partial charge in [0.1, 0.15) is 22.5 Å². The molecule has 1 aromatic heterocycles. The van der Waals surface area contributed by atoms with Crippen molar-refractivity contribution in [2.75, 3.05) is 20.2 Å². The number of rotatable bonds is 7. The highest BCUT2D eigenvalue weighted by atomic mass is 32.1. The molecule has 6 nitrogen and oxygen atoms in total. The zero-order valence-corrected chi connectivity index (χ0v) is 18.2. The first-order valence-electron chi connectivity index (χ1n) is 10.4. The molecular weight excluding hydrogens is 410 g/mol. The maximum absolute atomic E-state index is 13.1. The second kappa shape index (κ2) is 9.75. The minimum Gasteiger partial charge on any atom is -0.497 e. The van der Waals surface area contributed by atoms with Gasteiger partial charge in [0.25, 0.3) is 5.91 Å². The minimum absolute atomic E-state index is 0.0275. The summed E-state index contributed by atoms with van der Waals surface area (Å²) in [5, 5.41) is 5.41. The van der Waals surface area contributed by atoms with Crippen molar-refractivity contribution in [3.05, 3.63) is 71.2 Å². The Hall–Kier alpha value is -3.19. The van der Waals surface area contributed by atoms with Crippen molar-refractivity contribution in [2.24, 2.45) is 0 Å². The van der Waals surface area contributed by atoms with Crippen molar-refractivity contribution in [3.63, 3.8) is 0 Å². The fraction of sp³-hybridized carbons (Fsp3) is 0.292. The quantitative estimate of drug-likeness (QED) is 0.613. The summed E-state index contributed by atoms with van der Waals surface area (Å²) in [5.41, 5.74) is 2.25. The molecule has 0 spiro atoms. The van der Waals surface area contributed by atoms with Crippen LogP contribution in [-0.4, -0.2) is 47.9 Å². The molecule has 160 valence electrons. The summed E-state index contributed by atoms with van der Waals surface area (Å²) in [6.07, 6.45) is 2.47. The van der Waals surface area contributed by atoms with E-state index in [0.29, 0.717) is 12.1 Å². The van der Waals surface area contributed by atoms with Crippen LogP contribution in [0, 0.1) is 0 Å². The van der Waals surface area contributed by atoms with Crippen molar-refractivity contribution in [1.82, 2.24) is 15.2 Å². The van der Waals surface area contributed by atoms with Gasteiger partial charge in [-0.05, 0) is 42.7 Å². The van der Waals surface area contributed by atoms with Gasteiger partial charge in [0.15, 0.2) is 0 Å². The summed E-state index contributed by atoms with van der Waals surface area (Å²) in [5.74, 6) is 0.409. The zero-order chi connectivity index (χ0) is 21.6. The van der Waals surface area contributed by atoms with Crippen LogP contribution < -0.4 is 10.1 Å². The molecule has 2 aromatic carbocycles. The van der Waals surface area contributed by atoms with Gasteiger partial charge in [-0.15, -0.1) is 11.3 Å². The van der Waals surface area contributed by atoms with Gasteiger partial charge in [0, 0.05) is 30.5 Å². The number of thiazole rings is 1. The second-order valence-corrected chi connectivity index (χ2v) is 8.37. The van der Waals surface area contributed by atoms with Crippen LogP contribution in [0.15, 0.2) is 60.0 Å². The lowest BCUT2D eigenvalue weighted by molar-refractivity contribution is -0.132.